The summed E-state index contributed by atoms with van der Waals surface area (Å²) in [7, 11) is 5.60. The molecule has 0 saturated carbocycles. The molecule has 8 heteroatoms. The summed E-state index contributed by atoms with van der Waals surface area (Å²) in [4.78, 5) is 30.0. The van der Waals surface area contributed by atoms with Crippen LogP contribution in [0.3, 0.4) is 0 Å². The second-order valence-corrected chi connectivity index (χ2v) is 9.73. The number of nitrogens with one attached hydrogen (secondary N) is 1. The van der Waals surface area contributed by atoms with Crippen LogP contribution in [-0.4, -0.2) is 45.1 Å². The van der Waals surface area contributed by atoms with Crippen LogP contribution >= 0.6 is 11.6 Å². The first-order chi connectivity index (χ1) is 17.9. The molecule has 0 saturated heterocycles. The molecule has 0 aliphatic carbocycles. The smallest absolute Gasteiger partial charge is 0.291 e. The Kier molecular flexibility index (Phi) is 6.91. The van der Waals surface area contributed by atoms with E-state index in [1.165, 1.54) is 4.90 Å². The summed E-state index contributed by atoms with van der Waals surface area (Å²) < 4.78 is 17.7. The number of halogens is 1. The van der Waals surface area contributed by atoms with Crippen LogP contribution in [0, 0.1) is 0 Å². The Hall–Kier alpha value is -3.81. The number of hydrogen-bond acceptors (Lipinski definition) is 5. The van der Waals surface area contributed by atoms with E-state index in [9.17, 15) is 9.59 Å². The molecule has 5 rings (SSSR count). The number of nitrogens with zero attached hydrogens (tertiary/aromatic N) is 1. The van der Waals surface area contributed by atoms with Gasteiger partial charge in [0.25, 0.3) is 5.91 Å². The lowest BCUT2D eigenvalue weighted by Crippen LogP contribution is -3.06. The van der Waals surface area contributed by atoms with Gasteiger partial charge < -0.3 is 23.7 Å². The maximum Gasteiger partial charge on any atom is 0.291 e. The number of benzene rings is 3. The van der Waals surface area contributed by atoms with Gasteiger partial charge in [0.2, 0.25) is 5.76 Å². The highest BCUT2D eigenvalue weighted by atomic mass is 35.5. The van der Waals surface area contributed by atoms with Gasteiger partial charge in [-0.15, -0.1) is 0 Å². The van der Waals surface area contributed by atoms with Crippen LogP contribution in [0.5, 0.6) is 11.5 Å². The van der Waals surface area contributed by atoms with E-state index in [0.29, 0.717) is 46.1 Å². The molecule has 7 nitrogen and oxygen atoms in total. The minimum atomic E-state index is -0.603. The van der Waals surface area contributed by atoms with E-state index in [-0.39, 0.29) is 23.7 Å². The van der Waals surface area contributed by atoms with Crippen molar-refractivity contribution in [1.82, 2.24) is 4.90 Å². The molecular formula is C29H28ClN2O5+. The topological polar surface area (TPSA) is 73.4 Å². The monoisotopic (exact) mass is 519 g/mol. The molecule has 0 spiro atoms. The van der Waals surface area contributed by atoms with Crippen molar-refractivity contribution < 1.29 is 23.6 Å². The molecular weight excluding hydrogens is 492 g/mol. The molecule has 1 aliphatic heterocycles. The van der Waals surface area contributed by atoms with Crippen LogP contribution in [-0.2, 0) is 6.61 Å². The first-order valence-corrected chi connectivity index (χ1v) is 12.5. The van der Waals surface area contributed by atoms with E-state index in [4.69, 9.17) is 25.5 Å². The number of carbonyl (C=O) groups excluding carboxylic acids is 1. The highest BCUT2D eigenvalue weighted by molar-refractivity contribution is 6.31. The Morgan fingerprint density at radius 3 is 2.51 bits per heavy atom. The van der Waals surface area contributed by atoms with Gasteiger partial charge in [-0.25, -0.2) is 0 Å². The van der Waals surface area contributed by atoms with Crippen LogP contribution in [0.2, 0.25) is 5.02 Å². The number of amides is 1. The molecule has 37 heavy (non-hydrogen) atoms. The van der Waals surface area contributed by atoms with Gasteiger partial charge in [-0.05, 0) is 35.9 Å². The first-order valence-electron chi connectivity index (χ1n) is 12.1. The average molecular weight is 520 g/mol. The number of methoxy groups -OCH3 is 1. The number of fused-ring (bicyclic) bond motifs is 2. The lowest BCUT2D eigenvalue weighted by molar-refractivity contribution is -0.857. The molecule has 0 bridgehead atoms. The molecule has 2 heterocycles. The summed E-state index contributed by atoms with van der Waals surface area (Å²) in [5.41, 5.74) is 2.15. The number of para-hydroxylation sites is 1. The van der Waals surface area contributed by atoms with Gasteiger partial charge in [0.05, 0.1) is 51.3 Å². The lowest BCUT2D eigenvalue weighted by atomic mass is 9.98. The lowest BCUT2D eigenvalue weighted by Gasteiger charge is -2.26. The van der Waals surface area contributed by atoms with Crippen molar-refractivity contribution in [2.45, 2.75) is 12.6 Å². The Labute approximate surface area is 219 Å². The van der Waals surface area contributed by atoms with Gasteiger partial charge in [0.15, 0.2) is 16.9 Å². The summed E-state index contributed by atoms with van der Waals surface area (Å²) in [6.07, 6.45) is 0. The van der Waals surface area contributed by atoms with Crippen molar-refractivity contribution in [2.24, 2.45) is 0 Å². The number of rotatable bonds is 8. The molecule has 4 aromatic rings. The van der Waals surface area contributed by atoms with Gasteiger partial charge in [-0.3, -0.25) is 9.59 Å². The molecule has 3 aromatic carbocycles. The quantitative estimate of drug-likeness (QED) is 0.384. The average Bonchev–Trinajstić information content (AvgIpc) is 3.18. The summed E-state index contributed by atoms with van der Waals surface area (Å²) in [5.74, 6) is 0.835. The van der Waals surface area contributed by atoms with Crippen molar-refractivity contribution in [3.63, 3.8) is 0 Å². The molecule has 0 fully saturated rings. The second kappa shape index (κ2) is 10.3. The number of quaternary nitrogens is 1. The van der Waals surface area contributed by atoms with E-state index >= 15 is 0 Å². The van der Waals surface area contributed by atoms with Crippen LogP contribution in [0.4, 0.5) is 0 Å². The third kappa shape index (κ3) is 4.68. The molecule has 1 N–H and O–H groups in total. The molecule has 1 amide bonds. The fourth-order valence-electron chi connectivity index (χ4n) is 4.63. The van der Waals surface area contributed by atoms with E-state index in [0.717, 1.165) is 11.1 Å². The highest BCUT2D eigenvalue weighted by Crippen LogP contribution is 2.41. The normalized spacial score (nSPS) is 14.9. The maximum absolute atomic E-state index is 13.6. The van der Waals surface area contributed by atoms with Gasteiger partial charge in [-0.2, -0.15) is 0 Å². The Morgan fingerprint density at radius 1 is 1.00 bits per heavy atom. The number of carbonyl (C=O) groups is 1. The molecule has 190 valence electrons. The third-order valence-electron chi connectivity index (χ3n) is 6.57. The molecule has 1 aliphatic rings. The van der Waals surface area contributed by atoms with Crippen LogP contribution in [0.1, 0.15) is 33.3 Å². The summed E-state index contributed by atoms with van der Waals surface area (Å²) >= 11 is 6.27. The zero-order valence-corrected chi connectivity index (χ0v) is 21.7. The summed E-state index contributed by atoms with van der Waals surface area (Å²) in [6, 6.07) is 19.4. The van der Waals surface area contributed by atoms with Gasteiger partial charge in [0, 0.05) is 10.6 Å². The molecule has 1 aromatic heterocycles. The van der Waals surface area contributed by atoms with Crippen molar-refractivity contribution in [3.05, 3.63) is 104 Å². The summed E-state index contributed by atoms with van der Waals surface area (Å²) in [6.45, 7) is 1.44. The molecule has 0 radical (unpaired) electrons. The Morgan fingerprint density at radius 2 is 1.76 bits per heavy atom. The maximum atomic E-state index is 13.6. The Balaban J connectivity index is 1.56. The molecule has 0 unspecified atom stereocenters. The van der Waals surface area contributed by atoms with Gasteiger partial charge in [-0.1, -0.05) is 48.0 Å². The fraction of sp³-hybridized carbons (Fsp3) is 0.241. The minimum Gasteiger partial charge on any atom is -0.493 e. The number of hydrogen-bond donors (Lipinski definition) is 1. The second-order valence-electron chi connectivity index (χ2n) is 9.32. The van der Waals surface area contributed by atoms with Gasteiger partial charge in [0.1, 0.15) is 12.2 Å². The number of likely N-dealkylation sites (N-methyl/N-ethyl adjacent to an activating group) is 1. The van der Waals surface area contributed by atoms with E-state index in [1.807, 2.05) is 50.5 Å². The zero-order chi connectivity index (χ0) is 26.1. The highest BCUT2D eigenvalue weighted by Gasteiger charge is 2.43. The van der Waals surface area contributed by atoms with Crippen molar-refractivity contribution in [2.75, 3.05) is 34.3 Å². The third-order valence-corrected chi connectivity index (χ3v) is 6.94. The van der Waals surface area contributed by atoms with Crippen molar-refractivity contribution in [3.8, 4) is 11.5 Å². The largest absolute Gasteiger partial charge is 0.493 e. The van der Waals surface area contributed by atoms with E-state index in [2.05, 4.69) is 0 Å². The standard InChI is InChI=1S/C29H27ClN2O5/c1-31(2)14-15-32-26(25-27(33)20-9-5-7-11-22(20)37-28(25)29(32)34)18-12-13-23(24(16-18)35-3)36-17-19-8-4-6-10-21(19)30/h4-13,16,26H,14-15,17H2,1-3H3/p+1/t26-/m1/s1. The zero-order valence-electron chi connectivity index (χ0n) is 20.9. The molecule has 1 atom stereocenters. The van der Waals surface area contributed by atoms with Gasteiger partial charge >= 0.3 is 0 Å². The van der Waals surface area contributed by atoms with Crippen LogP contribution in [0.25, 0.3) is 11.0 Å². The predicted octanol–water partition coefficient (Wildman–Crippen LogP) is 3.72. The van der Waals surface area contributed by atoms with Crippen LogP contribution < -0.4 is 19.8 Å². The summed E-state index contributed by atoms with van der Waals surface area (Å²) in [5, 5.41) is 1.07. The van der Waals surface area contributed by atoms with Crippen LogP contribution in [0.15, 0.2) is 75.9 Å². The SMILES string of the molecule is COc1cc([C@@H]2c3c(oc4ccccc4c3=O)C(=O)N2CC[NH+](C)C)ccc1OCc1ccccc1Cl. The number of ether oxygens (including phenoxy) is 2. The van der Waals surface area contributed by atoms with E-state index in [1.54, 1.807) is 42.3 Å². The van der Waals surface area contributed by atoms with Crippen molar-refractivity contribution in [1.29, 1.82) is 0 Å². The predicted molar refractivity (Wildman–Crippen MR) is 142 cm³/mol. The first kappa shape index (κ1) is 24.9. The fourth-order valence-corrected chi connectivity index (χ4v) is 4.82. The van der Waals surface area contributed by atoms with E-state index < -0.39 is 6.04 Å². The van der Waals surface area contributed by atoms with Crippen molar-refractivity contribution >= 4 is 28.5 Å². The Bertz CT molecular complexity index is 1530. The minimum absolute atomic E-state index is 0.0977.